The molecule has 0 unspecified atom stereocenters. The zero-order valence-corrected chi connectivity index (χ0v) is 10.1. The SMILES string of the molecule is COCCNC(N)=NCc1ccnc(OC)c1. The number of rotatable bonds is 6. The number of hydrogen-bond donors (Lipinski definition) is 2. The Hall–Kier alpha value is -1.82. The molecule has 0 spiro atoms. The molecule has 0 atom stereocenters. The molecule has 1 rings (SSSR count). The summed E-state index contributed by atoms with van der Waals surface area (Å²) >= 11 is 0. The second-order valence-corrected chi connectivity index (χ2v) is 3.33. The van der Waals surface area contributed by atoms with E-state index in [4.69, 9.17) is 15.2 Å². The smallest absolute Gasteiger partial charge is 0.213 e. The monoisotopic (exact) mass is 238 g/mol. The van der Waals surface area contributed by atoms with E-state index in [1.165, 1.54) is 0 Å². The van der Waals surface area contributed by atoms with Gasteiger partial charge in [0.15, 0.2) is 5.96 Å². The van der Waals surface area contributed by atoms with Crippen molar-refractivity contribution in [2.24, 2.45) is 10.7 Å². The van der Waals surface area contributed by atoms with Crippen molar-refractivity contribution in [3.8, 4) is 5.88 Å². The summed E-state index contributed by atoms with van der Waals surface area (Å²) in [5, 5.41) is 2.94. The lowest BCUT2D eigenvalue weighted by atomic mass is 10.3. The molecule has 0 radical (unpaired) electrons. The van der Waals surface area contributed by atoms with Gasteiger partial charge in [0.05, 0.1) is 20.3 Å². The second kappa shape index (κ2) is 7.45. The van der Waals surface area contributed by atoms with Gasteiger partial charge in [0, 0.05) is 25.9 Å². The first-order valence-electron chi connectivity index (χ1n) is 5.28. The molecule has 3 N–H and O–H groups in total. The molecule has 0 fully saturated rings. The summed E-state index contributed by atoms with van der Waals surface area (Å²) in [4.78, 5) is 8.20. The van der Waals surface area contributed by atoms with Gasteiger partial charge in [-0.2, -0.15) is 0 Å². The van der Waals surface area contributed by atoms with Crippen molar-refractivity contribution in [2.45, 2.75) is 6.54 Å². The summed E-state index contributed by atoms with van der Waals surface area (Å²) in [7, 11) is 3.22. The highest BCUT2D eigenvalue weighted by Gasteiger charge is 1.96. The van der Waals surface area contributed by atoms with Gasteiger partial charge < -0.3 is 20.5 Å². The number of methoxy groups -OCH3 is 2. The van der Waals surface area contributed by atoms with Crippen LogP contribution in [0, 0.1) is 0 Å². The highest BCUT2D eigenvalue weighted by Crippen LogP contribution is 2.09. The van der Waals surface area contributed by atoms with Gasteiger partial charge in [-0.3, -0.25) is 0 Å². The molecule has 1 aromatic heterocycles. The Kier molecular flexibility index (Phi) is 5.81. The summed E-state index contributed by atoms with van der Waals surface area (Å²) in [6.07, 6.45) is 1.68. The minimum absolute atomic E-state index is 0.401. The Morgan fingerprint density at radius 3 is 3.06 bits per heavy atom. The highest BCUT2D eigenvalue weighted by atomic mass is 16.5. The number of aromatic nitrogens is 1. The van der Waals surface area contributed by atoms with Crippen LogP contribution in [0.1, 0.15) is 5.56 Å². The Morgan fingerprint density at radius 2 is 2.35 bits per heavy atom. The van der Waals surface area contributed by atoms with E-state index in [9.17, 15) is 0 Å². The van der Waals surface area contributed by atoms with Crippen LogP contribution in [0.3, 0.4) is 0 Å². The minimum atomic E-state index is 0.401. The Labute approximate surface area is 101 Å². The zero-order chi connectivity index (χ0) is 12.5. The van der Waals surface area contributed by atoms with E-state index in [1.54, 1.807) is 20.4 Å². The van der Waals surface area contributed by atoms with Gasteiger partial charge in [0.1, 0.15) is 0 Å². The second-order valence-electron chi connectivity index (χ2n) is 3.33. The predicted octanol–water partition coefficient (Wildman–Crippen LogP) is 0.141. The van der Waals surface area contributed by atoms with E-state index in [2.05, 4.69) is 15.3 Å². The number of nitrogens with two attached hydrogens (primary N) is 1. The van der Waals surface area contributed by atoms with Crippen molar-refractivity contribution in [2.75, 3.05) is 27.4 Å². The normalized spacial score (nSPS) is 11.3. The molecule has 0 bridgehead atoms. The third kappa shape index (κ3) is 5.17. The predicted molar refractivity (Wildman–Crippen MR) is 66.0 cm³/mol. The first-order valence-corrected chi connectivity index (χ1v) is 5.28. The van der Waals surface area contributed by atoms with Gasteiger partial charge >= 0.3 is 0 Å². The average Bonchev–Trinajstić information content (AvgIpc) is 2.37. The first kappa shape index (κ1) is 13.2. The van der Waals surface area contributed by atoms with Crippen LogP contribution in [0.5, 0.6) is 5.88 Å². The number of guanidine groups is 1. The zero-order valence-electron chi connectivity index (χ0n) is 10.1. The van der Waals surface area contributed by atoms with Crippen molar-refractivity contribution < 1.29 is 9.47 Å². The van der Waals surface area contributed by atoms with Crippen molar-refractivity contribution in [3.63, 3.8) is 0 Å². The molecule has 6 nitrogen and oxygen atoms in total. The lowest BCUT2D eigenvalue weighted by molar-refractivity contribution is 0.204. The van der Waals surface area contributed by atoms with Crippen LogP contribution in [0.15, 0.2) is 23.3 Å². The number of aliphatic imine (C=N–C) groups is 1. The molecule has 0 aliphatic carbocycles. The fraction of sp³-hybridized carbons (Fsp3) is 0.455. The van der Waals surface area contributed by atoms with Crippen molar-refractivity contribution in [1.82, 2.24) is 10.3 Å². The summed E-state index contributed by atoms with van der Waals surface area (Å²) in [5.74, 6) is 0.974. The number of ether oxygens (including phenoxy) is 2. The summed E-state index contributed by atoms with van der Waals surface area (Å²) in [6.45, 7) is 1.73. The third-order valence-corrected chi connectivity index (χ3v) is 2.05. The maximum Gasteiger partial charge on any atom is 0.213 e. The lowest BCUT2D eigenvalue weighted by Gasteiger charge is -2.05. The lowest BCUT2D eigenvalue weighted by Crippen LogP contribution is -2.34. The van der Waals surface area contributed by atoms with E-state index in [1.807, 2.05) is 12.1 Å². The van der Waals surface area contributed by atoms with Gasteiger partial charge in [0.2, 0.25) is 5.88 Å². The maximum atomic E-state index is 5.67. The molecule has 0 aromatic carbocycles. The van der Waals surface area contributed by atoms with Gasteiger partial charge in [0.25, 0.3) is 0 Å². The van der Waals surface area contributed by atoms with Gasteiger partial charge in [-0.15, -0.1) is 0 Å². The molecular formula is C11H18N4O2. The number of pyridine rings is 1. The molecule has 0 amide bonds. The van der Waals surface area contributed by atoms with E-state index in [0.717, 1.165) is 5.56 Å². The van der Waals surface area contributed by atoms with Crippen molar-refractivity contribution >= 4 is 5.96 Å². The standard InChI is InChI=1S/C11H18N4O2/c1-16-6-5-14-11(12)15-8-9-3-4-13-10(7-9)17-2/h3-4,7H,5-6,8H2,1-2H3,(H3,12,14,15). The summed E-state index contributed by atoms with van der Waals surface area (Å²) < 4.78 is 9.91. The maximum absolute atomic E-state index is 5.67. The van der Waals surface area contributed by atoms with Crippen LogP contribution < -0.4 is 15.8 Å². The Morgan fingerprint density at radius 1 is 1.53 bits per heavy atom. The van der Waals surface area contributed by atoms with Gasteiger partial charge in [-0.1, -0.05) is 0 Å². The largest absolute Gasteiger partial charge is 0.481 e. The molecular weight excluding hydrogens is 220 g/mol. The van der Waals surface area contributed by atoms with E-state index in [0.29, 0.717) is 31.5 Å². The summed E-state index contributed by atoms with van der Waals surface area (Å²) in [6, 6.07) is 3.69. The third-order valence-electron chi connectivity index (χ3n) is 2.05. The molecule has 1 aromatic rings. The van der Waals surface area contributed by atoms with Crippen molar-refractivity contribution in [3.05, 3.63) is 23.9 Å². The van der Waals surface area contributed by atoms with E-state index >= 15 is 0 Å². The Bertz CT molecular complexity index is 368. The number of nitrogens with zero attached hydrogens (tertiary/aromatic N) is 2. The van der Waals surface area contributed by atoms with Gasteiger partial charge in [-0.25, -0.2) is 9.98 Å². The quantitative estimate of drug-likeness (QED) is 0.418. The van der Waals surface area contributed by atoms with Crippen LogP contribution in [0.2, 0.25) is 0 Å². The molecule has 0 aliphatic rings. The molecule has 0 saturated carbocycles. The molecule has 0 saturated heterocycles. The van der Waals surface area contributed by atoms with Crippen LogP contribution in [0.4, 0.5) is 0 Å². The average molecular weight is 238 g/mol. The van der Waals surface area contributed by atoms with Crippen LogP contribution >= 0.6 is 0 Å². The van der Waals surface area contributed by atoms with Crippen LogP contribution in [0.25, 0.3) is 0 Å². The van der Waals surface area contributed by atoms with Gasteiger partial charge in [-0.05, 0) is 11.6 Å². The van der Waals surface area contributed by atoms with Crippen molar-refractivity contribution in [1.29, 1.82) is 0 Å². The fourth-order valence-electron chi connectivity index (χ4n) is 1.17. The van der Waals surface area contributed by atoms with Crippen LogP contribution in [-0.4, -0.2) is 38.3 Å². The Balaban J connectivity index is 2.44. The molecule has 0 aliphatic heterocycles. The van der Waals surface area contributed by atoms with Crippen LogP contribution in [-0.2, 0) is 11.3 Å². The molecule has 6 heteroatoms. The summed E-state index contributed by atoms with van der Waals surface area (Å²) in [5.41, 5.74) is 6.66. The number of hydrogen-bond acceptors (Lipinski definition) is 4. The highest BCUT2D eigenvalue weighted by molar-refractivity contribution is 5.77. The molecule has 1 heterocycles. The van der Waals surface area contributed by atoms with E-state index in [-0.39, 0.29) is 0 Å². The minimum Gasteiger partial charge on any atom is -0.481 e. The number of nitrogens with one attached hydrogen (secondary N) is 1. The molecule has 94 valence electrons. The van der Waals surface area contributed by atoms with E-state index < -0.39 is 0 Å². The topological polar surface area (TPSA) is 81.8 Å². The fourth-order valence-corrected chi connectivity index (χ4v) is 1.17. The first-order chi connectivity index (χ1) is 8.26. The molecule has 17 heavy (non-hydrogen) atoms.